The first kappa shape index (κ1) is 16.5. The van der Waals surface area contributed by atoms with E-state index in [4.69, 9.17) is 0 Å². The van der Waals surface area contributed by atoms with Crippen molar-refractivity contribution in [2.24, 2.45) is 12.0 Å². The summed E-state index contributed by atoms with van der Waals surface area (Å²) in [5.74, 6) is 0.756. The normalized spacial score (nSPS) is 12.5. The Kier molecular flexibility index (Phi) is 5.18. The maximum atomic E-state index is 4.67. The van der Waals surface area contributed by atoms with Crippen LogP contribution in [-0.2, 0) is 25.6 Å². The second-order valence-corrected chi connectivity index (χ2v) is 6.98. The average molecular weight is 320 g/mol. The third-order valence-corrected chi connectivity index (χ3v) is 4.53. The molecule has 0 bridgehead atoms. The van der Waals surface area contributed by atoms with Crippen molar-refractivity contribution in [1.29, 1.82) is 0 Å². The fourth-order valence-electron chi connectivity index (χ4n) is 1.88. The largest absolute Gasteiger partial charge is 0.351 e. The summed E-state index contributed by atoms with van der Waals surface area (Å²) in [6.45, 7) is 7.88. The molecule has 2 heterocycles. The summed E-state index contributed by atoms with van der Waals surface area (Å²) in [5.41, 5.74) is 2.24. The van der Waals surface area contributed by atoms with E-state index in [1.807, 2.05) is 17.8 Å². The highest BCUT2D eigenvalue weighted by Crippen LogP contribution is 2.25. The number of aliphatic imine (C=N–C) groups is 1. The zero-order valence-corrected chi connectivity index (χ0v) is 14.7. The Hall–Kier alpha value is -1.89. The van der Waals surface area contributed by atoms with Gasteiger partial charge in [-0.2, -0.15) is 5.10 Å². The lowest BCUT2D eigenvalue weighted by molar-refractivity contribution is 0.582. The molecule has 120 valence electrons. The number of thiazole rings is 1. The van der Waals surface area contributed by atoms with Crippen molar-refractivity contribution in [2.45, 2.75) is 39.3 Å². The predicted octanol–water partition coefficient (Wildman–Crippen LogP) is 2.04. The molecule has 0 amide bonds. The molecule has 2 rings (SSSR count). The van der Waals surface area contributed by atoms with Crippen LogP contribution in [0, 0.1) is 0 Å². The molecule has 0 aromatic carbocycles. The fraction of sp³-hybridized carbons (Fsp3) is 0.533. The number of hydrogen-bond acceptors (Lipinski definition) is 4. The van der Waals surface area contributed by atoms with Crippen LogP contribution in [0.3, 0.4) is 0 Å². The van der Waals surface area contributed by atoms with E-state index in [0.717, 1.165) is 22.4 Å². The van der Waals surface area contributed by atoms with E-state index in [2.05, 4.69) is 51.9 Å². The number of nitrogens with one attached hydrogen (secondary N) is 2. The lowest BCUT2D eigenvalue weighted by atomic mass is 9.98. The summed E-state index contributed by atoms with van der Waals surface area (Å²) in [7, 11) is 3.69. The number of guanidine groups is 1. The summed E-state index contributed by atoms with van der Waals surface area (Å²) in [4.78, 5) is 8.90. The molecule has 0 atom stereocenters. The maximum absolute atomic E-state index is 4.67. The SMILES string of the molecule is CN=C(NCc1csc(C(C)(C)C)n1)NCc1ccnn1C. The van der Waals surface area contributed by atoms with E-state index in [1.165, 1.54) is 0 Å². The highest BCUT2D eigenvalue weighted by molar-refractivity contribution is 7.09. The van der Waals surface area contributed by atoms with E-state index < -0.39 is 0 Å². The predicted molar refractivity (Wildman–Crippen MR) is 91.1 cm³/mol. The number of rotatable bonds is 4. The van der Waals surface area contributed by atoms with Crippen LogP contribution in [0.1, 0.15) is 37.2 Å². The van der Waals surface area contributed by atoms with Crippen molar-refractivity contribution in [2.75, 3.05) is 7.05 Å². The molecule has 2 aromatic rings. The molecule has 6 nitrogen and oxygen atoms in total. The third-order valence-electron chi connectivity index (χ3n) is 3.21. The Morgan fingerprint density at radius 1 is 1.32 bits per heavy atom. The monoisotopic (exact) mass is 320 g/mol. The molecular weight excluding hydrogens is 296 g/mol. The molecule has 0 unspecified atom stereocenters. The fourth-order valence-corrected chi connectivity index (χ4v) is 2.78. The first-order chi connectivity index (χ1) is 10.4. The van der Waals surface area contributed by atoms with Crippen molar-refractivity contribution in [3.05, 3.63) is 34.0 Å². The lowest BCUT2D eigenvalue weighted by Crippen LogP contribution is -2.36. The Labute approximate surface area is 135 Å². The number of aryl methyl sites for hydroxylation is 1. The summed E-state index contributed by atoms with van der Waals surface area (Å²) in [6, 6.07) is 1.98. The molecule has 0 fully saturated rings. The minimum absolute atomic E-state index is 0.0996. The van der Waals surface area contributed by atoms with Crippen molar-refractivity contribution in [3.8, 4) is 0 Å². The summed E-state index contributed by atoms with van der Waals surface area (Å²) in [5, 5.41) is 14.0. The zero-order chi connectivity index (χ0) is 16.2. The van der Waals surface area contributed by atoms with Crippen LogP contribution in [0.4, 0.5) is 0 Å². The molecule has 0 saturated heterocycles. The van der Waals surface area contributed by atoms with Crippen molar-refractivity contribution >= 4 is 17.3 Å². The van der Waals surface area contributed by atoms with Crippen LogP contribution in [0.5, 0.6) is 0 Å². The molecule has 0 aliphatic carbocycles. The van der Waals surface area contributed by atoms with Gasteiger partial charge in [0, 0.05) is 31.1 Å². The zero-order valence-electron chi connectivity index (χ0n) is 13.8. The van der Waals surface area contributed by atoms with Crippen molar-refractivity contribution in [1.82, 2.24) is 25.4 Å². The highest BCUT2D eigenvalue weighted by Gasteiger charge is 2.17. The highest BCUT2D eigenvalue weighted by atomic mass is 32.1. The average Bonchev–Trinajstić information content (AvgIpc) is 3.08. The first-order valence-electron chi connectivity index (χ1n) is 7.26. The smallest absolute Gasteiger partial charge is 0.191 e. The van der Waals surface area contributed by atoms with Crippen LogP contribution < -0.4 is 10.6 Å². The van der Waals surface area contributed by atoms with Crippen molar-refractivity contribution < 1.29 is 0 Å². The van der Waals surface area contributed by atoms with Gasteiger partial charge in [-0.3, -0.25) is 9.67 Å². The van der Waals surface area contributed by atoms with Gasteiger partial charge in [0.2, 0.25) is 0 Å². The molecule has 22 heavy (non-hydrogen) atoms. The van der Waals surface area contributed by atoms with Gasteiger partial charge in [0.25, 0.3) is 0 Å². The summed E-state index contributed by atoms with van der Waals surface area (Å²) in [6.07, 6.45) is 1.79. The molecule has 2 N–H and O–H groups in total. The molecule has 0 spiro atoms. The minimum atomic E-state index is 0.0996. The molecule has 0 aliphatic heterocycles. The van der Waals surface area contributed by atoms with E-state index in [9.17, 15) is 0 Å². The van der Waals surface area contributed by atoms with E-state index >= 15 is 0 Å². The van der Waals surface area contributed by atoms with Gasteiger partial charge in [0.05, 0.1) is 29.5 Å². The van der Waals surface area contributed by atoms with Crippen molar-refractivity contribution in [3.63, 3.8) is 0 Å². The van der Waals surface area contributed by atoms with Gasteiger partial charge >= 0.3 is 0 Å². The molecule has 0 aliphatic rings. The van der Waals surface area contributed by atoms with Crippen LogP contribution in [0.2, 0.25) is 0 Å². The van der Waals surface area contributed by atoms with Crippen LogP contribution in [0.15, 0.2) is 22.6 Å². The molecule has 0 radical (unpaired) electrons. The number of aromatic nitrogens is 3. The lowest BCUT2D eigenvalue weighted by Gasteiger charge is -2.14. The Morgan fingerprint density at radius 2 is 2.05 bits per heavy atom. The van der Waals surface area contributed by atoms with Gasteiger partial charge in [0.15, 0.2) is 5.96 Å². The summed E-state index contributed by atoms with van der Waals surface area (Å²) < 4.78 is 1.84. The third kappa shape index (κ3) is 4.30. The van der Waals surface area contributed by atoms with Crippen LogP contribution in [-0.4, -0.2) is 27.8 Å². The second-order valence-electron chi connectivity index (χ2n) is 6.12. The number of nitrogens with zero attached hydrogens (tertiary/aromatic N) is 4. The van der Waals surface area contributed by atoms with Gasteiger partial charge < -0.3 is 10.6 Å². The Bertz CT molecular complexity index is 634. The molecule has 2 aromatic heterocycles. The van der Waals surface area contributed by atoms with E-state index in [-0.39, 0.29) is 5.41 Å². The van der Waals surface area contributed by atoms with Gasteiger partial charge in [0.1, 0.15) is 0 Å². The topological polar surface area (TPSA) is 67.1 Å². The summed E-state index contributed by atoms with van der Waals surface area (Å²) >= 11 is 1.71. The maximum Gasteiger partial charge on any atom is 0.191 e. The second kappa shape index (κ2) is 6.91. The standard InChI is InChI=1S/C15H24N6S/c1-15(2,3)13-20-11(10-22-13)8-17-14(16-4)18-9-12-6-7-19-21(12)5/h6-7,10H,8-9H2,1-5H3,(H2,16,17,18). The molecular formula is C15H24N6S. The van der Waals surface area contributed by atoms with Crippen LogP contribution in [0.25, 0.3) is 0 Å². The Morgan fingerprint density at radius 3 is 2.59 bits per heavy atom. The molecule has 0 saturated carbocycles. The van der Waals surface area contributed by atoms with Crippen LogP contribution >= 0.6 is 11.3 Å². The first-order valence-corrected chi connectivity index (χ1v) is 8.14. The van der Waals surface area contributed by atoms with Gasteiger partial charge in [-0.05, 0) is 6.07 Å². The minimum Gasteiger partial charge on any atom is -0.351 e. The molecule has 7 heteroatoms. The van der Waals surface area contributed by atoms with E-state index in [1.54, 1.807) is 24.6 Å². The number of hydrogen-bond donors (Lipinski definition) is 2. The van der Waals surface area contributed by atoms with Gasteiger partial charge in [-0.15, -0.1) is 11.3 Å². The van der Waals surface area contributed by atoms with Gasteiger partial charge in [-0.25, -0.2) is 4.98 Å². The quantitative estimate of drug-likeness (QED) is 0.668. The Balaban J connectivity index is 1.86. The van der Waals surface area contributed by atoms with E-state index in [0.29, 0.717) is 13.1 Å². The van der Waals surface area contributed by atoms with Gasteiger partial charge in [-0.1, -0.05) is 20.8 Å².